The van der Waals surface area contributed by atoms with E-state index in [4.69, 9.17) is 0 Å². The molecule has 0 aliphatic heterocycles. The summed E-state index contributed by atoms with van der Waals surface area (Å²) in [6.07, 6.45) is 4.77. The Bertz CT molecular complexity index is 696. The first-order valence-corrected chi connectivity index (χ1v) is 7.81. The van der Waals surface area contributed by atoms with Gasteiger partial charge in [-0.25, -0.2) is 4.39 Å². The highest BCUT2D eigenvalue weighted by molar-refractivity contribution is 5.94. The maximum Gasteiger partial charge on any atom is 0.251 e. The Labute approximate surface area is 130 Å². The third kappa shape index (κ3) is 3.19. The topological polar surface area (TPSA) is 29.1 Å². The maximum absolute atomic E-state index is 13.2. The highest BCUT2D eigenvalue weighted by atomic mass is 19.1. The third-order valence-corrected chi connectivity index (χ3v) is 4.31. The molecule has 0 spiro atoms. The summed E-state index contributed by atoms with van der Waals surface area (Å²) in [4.78, 5) is 12.2. The monoisotopic (exact) mass is 297 g/mol. The van der Waals surface area contributed by atoms with Gasteiger partial charge in [-0.2, -0.15) is 0 Å². The molecule has 1 aliphatic rings. The minimum atomic E-state index is -0.394. The molecule has 0 bridgehead atoms. The molecule has 114 valence electrons. The van der Waals surface area contributed by atoms with E-state index in [-0.39, 0.29) is 11.9 Å². The van der Waals surface area contributed by atoms with Crippen LogP contribution in [0.1, 0.15) is 52.9 Å². The Hall–Kier alpha value is -2.16. The van der Waals surface area contributed by atoms with Gasteiger partial charge in [-0.05, 0) is 67.5 Å². The van der Waals surface area contributed by atoms with Crippen molar-refractivity contribution in [3.8, 4) is 0 Å². The first-order valence-electron chi connectivity index (χ1n) is 7.81. The highest BCUT2D eigenvalue weighted by Crippen LogP contribution is 2.24. The van der Waals surface area contributed by atoms with Gasteiger partial charge in [-0.15, -0.1) is 0 Å². The normalized spacial score (nSPS) is 15.0. The van der Waals surface area contributed by atoms with Crippen molar-refractivity contribution in [2.75, 3.05) is 0 Å². The number of carbonyl (C=O) groups is 1. The van der Waals surface area contributed by atoms with Crippen molar-refractivity contribution in [3.63, 3.8) is 0 Å². The molecule has 1 atom stereocenters. The third-order valence-electron chi connectivity index (χ3n) is 4.31. The largest absolute Gasteiger partial charge is 0.346 e. The fraction of sp³-hybridized carbons (Fsp3) is 0.316. The number of amides is 1. The van der Waals surface area contributed by atoms with Crippen LogP contribution in [0.4, 0.5) is 4.39 Å². The van der Waals surface area contributed by atoms with Crippen molar-refractivity contribution in [1.29, 1.82) is 0 Å². The predicted molar refractivity (Wildman–Crippen MR) is 85.4 cm³/mol. The van der Waals surface area contributed by atoms with Gasteiger partial charge in [0, 0.05) is 5.56 Å². The van der Waals surface area contributed by atoms with E-state index in [1.807, 2.05) is 6.92 Å². The lowest BCUT2D eigenvalue weighted by Crippen LogP contribution is -2.26. The van der Waals surface area contributed by atoms with Crippen molar-refractivity contribution in [1.82, 2.24) is 5.32 Å². The summed E-state index contributed by atoms with van der Waals surface area (Å²) in [5.41, 5.74) is 4.28. The van der Waals surface area contributed by atoms with Crippen LogP contribution >= 0.6 is 0 Å². The van der Waals surface area contributed by atoms with Crippen molar-refractivity contribution >= 4 is 5.91 Å². The molecule has 1 amide bonds. The second-order valence-corrected chi connectivity index (χ2v) is 5.94. The van der Waals surface area contributed by atoms with Crippen LogP contribution in [-0.4, -0.2) is 5.91 Å². The van der Waals surface area contributed by atoms with Crippen LogP contribution in [0.25, 0.3) is 0 Å². The maximum atomic E-state index is 13.2. The minimum Gasteiger partial charge on any atom is -0.346 e. The summed E-state index contributed by atoms with van der Waals surface area (Å²) in [6.45, 7) is 1.96. The zero-order chi connectivity index (χ0) is 15.5. The van der Waals surface area contributed by atoms with E-state index >= 15 is 0 Å². The summed E-state index contributed by atoms with van der Waals surface area (Å²) in [5, 5.41) is 2.94. The highest BCUT2D eigenvalue weighted by Gasteiger charge is 2.15. The lowest BCUT2D eigenvalue weighted by molar-refractivity contribution is 0.0939. The quantitative estimate of drug-likeness (QED) is 0.904. The second-order valence-electron chi connectivity index (χ2n) is 5.94. The first kappa shape index (κ1) is 14.8. The molecule has 1 aliphatic carbocycles. The van der Waals surface area contributed by atoms with E-state index < -0.39 is 5.82 Å². The Kier molecular flexibility index (Phi) is 4.23. The average Bonchev–Trinajstić information content (AvgIpc) is 2.54. The molecule has 0 heterocycles. The Morgan fingerprint density at radius 2 is 1.86 bits per heavy atom. The van der Waals surface area contributed by atoms with E-state index in [0.29, 0.717) is 5.56 Å². The summed E-state index contributed by atoms with van der Waals surface area (Å²) < 4.78 is 13.2. The van der Waals surface area contributed by atoms with Gasteiger partial charge in [0.05, 0.1) is 6.04 Å². The molecule has 3 heteroatoms. The molecule has 0 fully saturated rings. The number of hydrogen-bond acceptors (Lipinski definition) is 1. The van der Waals surface area contributed by atoms with Crippen molar-refractivity contribution < 1.29 is 9.18 Å². The van der Waals surface area contributed by atoms with Crippen LogP contribution in [0.5, 0.6) is 0 Å². The number of aryl methyl sites for hydroxylation is 2. The zero-order valence-electron chi connectivity index (χ0n) is 12.7. The van der Waals surface area contributed by atoms with Gasteiger partial charge in [0.15, 0.2) is 0 Å². The van der Waals surface area contributed by atoms with E-state index in [0.717, 1.165) is 18.4 Å². The van der Waals surface area contributed by atoms with Crippen molar-refractivity contribution in [2.45, 2.75) is 38.6 Å². The molecule has 0 saturated heterocycles. The zero-order valence-corrected chi connectivity index (χ0v) is 12.7. The molecular weight excluding hydrogens is 277 g/mol. The van der Waals surface area contributed by atoms with Crippen LogP contribution in [0.2, 0.25) is 0 Å². The van der Waals surface area contributed by atoms with Gasteiger partial charge in [0.1, 0.15) is 5.82 Å². The lowest BCUT2D eigenvalue weighted by Gasteiger charge is -2.20. The molecular formula is C19H20FNO. The number of halogens is 1. The molecule has 0 radical (unpaired) electrons. The molecule has 2 aromatic rings. The molecule has 0 aromatic heterocycles. The van der Waals surface area contributed by atoms with Crippen LogP contribution < -0.4 is 5.32 Å². The van der Waals surface area contributed by atoms with Gasteiger partial charge < -0.3 is 5.32 Å². The van der Waals surface area contributed by atoms with Gasteiger partial charge in [-0.3, -0.25) is 4.79 Å². The molecule has 0 saturated carbocycles. The number of nitrogens with one attached hydrogen (secondary N) is 1. The standard InChI is InChI=1S/C19H20FNO/c1-13(21-19(22)17-7-4-8-18(20)12-17)15-10-9-14-5-2-3-6-16(14)11-15/h4,7-13H,2-3,5-6H2,1H3,(H,21,22)/t13-/m1/s1. The second kappa shape index (κ2) is 6.30. The van der Waals surface area contributed by atoms with Crippen LogP contribution in [0.3, 0.4) is 0 Å². The van der Waals surface area contributed by atoms with E-state index in [2.05, 4.69) is 23.5 Å². The smallest absolute Gasteiger partial charge is 0.251 e. The van der Waals surface area contributed by atoms with E-state index in [9.17, 15) is 9.18 Å². The van der Waals surface area contributed by atoms with Crippen molar-refractivity contribution in [2.24, 2.45) is 0 Å². The molecule has 0 unspecified atom stereocenters. The molecule has 1 N–H and O–H groups in total. The van der Waals surface area contributed by atoms with E-state index in [1.165, 1.54) is 36.1 Å². The number of rotatable bonds is 3. The Morgan fingerprint density at radius 3 is 2.64 bits per heavy atom. The van der Waals surface area contributed by atoms with Crippen LogP contribution in [0, 0.1) is 5.82 Å². The molecule has 2 aromatic carbocycles. The number of hydrogen-bond donors (Lipinski definition) is 1. The van der Waals surface area contributed by atoms with Gasteiger partial charge >= 0.3 is 0 Å². The number of carbonyl (C=O) groups excluding carboxylic acids is 1. The van der Waals surface area contributed by atoms with Gasteiger partial charge in [-0.1, -0.05) is 24.3 Å². The molecule has 22 heavy (non-hydrogen) atoms. The average molecular weight is 297 g/mol. The number of fused-ring (bicyclic) bond motifs is 1. The fourth-order valence-corrected chi connectivity index (χ4v) is 3.02. The van der Waals surface area contributed by atoms with Gasteiger partial charge in [0.2, 0.25) is 0 Å². The van der Waals surface area contributed by atoms with Gasteiger partial charge in [0.25, 0.3) is 5.91 Å². The summed E-state index contributed by atoms with van der Waals surface area (Å²) in [7, 11) is 0. The Morgan fingerprint density at radius 1 is 1.09 bits per heavy atom. The van der Waals surface area contributed by atoms with Crippen LogP contribution in [-0.2, 0) is 12.8 Å². The van der Waals surface area contributed by atoms with Crippen LogP contribution in [0.15, 0.2) is 42.5 Å². The number of benzene rings is 2. The summed E-state index contributed by atoms with van der Waals surface area (Å²) in [5.74, 6) is -0.640. The molecule has 2 nitrogen and oxygen atoms in total. The first-order chi connectivity index (χ1) is 10.6. The fourth-order valence-electron chi connectivity index (χ4n) is 3.02. The summed E-state index contributed by atoms with van der Waals surface area (Å²) >= 11 is 0. The minimum absolute atomic E-state index is 0.0945. The lowest BCUT2D eigenvalue weighted by atomic mass is 9.89. The Balaban J connectivity index is 1.74. The predicted octanol–water partition coefficient (Wildman–Crippen LogP) is 4.20. The summed E-state index contributed by atoms with van der Waals surface area (Å²) in [6, 6.07) is 12.1. The molecule has 3 rings (SSSR count). The SMILES string of the molecule is C[C@@H](NC(=O)c1cccc(F)c1)c1ccc2c(c1)CCCC2. The van der Waals surface area contributed by atoms with Crippen molar-refractivity contribution in [3.05, 3.63) is 70.5 Å². The van der Waals surface area contributed by atoms with E-state index in [1.54, 1.807) is 12.1 Å².